The molecule has 118 valence electrons. The first kappa shape index (κ1) is 19.1. The molecule has 0 aromatic heterocycles. The number of likely N-dealkylation sites (tertiary alicyclic amines) is 1. The average molecular weight is 294 g/mol. The van der Waals surface area contributed by atoms with Crippen molar-refractivity contribution in [3.05, 3.63) is 36.6 Å². The molecule has 0 aromatic rings. The van der Waals surface area contributed by atoms with E-state index in [1.165, 1.54) is 4.90 Å². The van der Waals surface area contributed by atoms with Gasteiger partial charge >= 0.3 is 0 Å². The summed E-state index contributed by atoms with van der Waals surface area (Å²) in [4.78, 5) is 24.4. The molecule has 5 nitrogen and oxygen atoms in total. The van der Waals surface area contributed by atoms with Crippen LogP contribution in [0.2, 0.25) is 0 Å². The molecule has 0 saturated carbocycles. The molecule has 2 amide bonds. The van der Waals surface area contributed by atoms with E-state index in [-0.39, 0.29) is 12.5 Å². The van der Waals surface area contributed by atoms with Crippen LogP contribution in [-0.2, 0) is 9.59 Å². The fourth-order valence-electron chi connectivity index (χ4n) is 1.98. The molecule has 2 N–H and O–H groups in total. The van der Waals surface area contributed by atoms with Crippen LogP contribution >= 0.6 is 0 Å². The van der Waals surface area contributed by atoms with Gasteiger partial charge < -0.3 is 15.3 Å². The topological polar surface area (TPSA) is 69.6 Å². The molecule has 5 heteroatoms. The van der Waals surface area contributed by atoms with Crippen LogP contribution in [0.25, 0.3) is 0 Å². The Morgan fingerprint density at radius 1 is 1.38 bits per heavy atom. The van der Waals surface area contributed by atoms with Gasteiger partial charge in [0.15, 0.2) is 0 Å². The zero-order valence-corrected chi connectivity index (χ0v) is 13.1. The van der Waals surface area contributed by atoms with E-state index in [9.17, 15) is 14.7 Å². The number of piperidine rings is 1. The van der Waals surface area contributed by atoms with Gasteiger partial charge in [-0.05, 0) is 25.8 Å². The predicted molar refractivity (Wildman–Crippen MR) is 84.4 cm³/mol. The molecule has 1 fully saturated rings. The zero-order valence-electron chi connectivity index (χ0n) is 13.1. The molecule has 2 atom stereocenters. The van der Waals surface area contributed by atoms with Gasteiger partial charge in [-0.2, -0.15) is 0 Å². The molecular weight excluding hydrogens is 268 g/mol. The second-order valence-corrected chi connectivity index (χ2v) is 4.38. The fourth-order valence-corrected chi connectivity index (χ4v) is 1.98. The molecular formula is C16H26N2O3. The van der Waals surface area contributed by atoms with Gasteiger partial charge in [-0.1, -0.05) is 38.7 Å². The van der Waals surface area contributed by atoms with Gasteiger partial charge in [0.05, 0.1) is 6.10 Å². The molecule has 0 bridgehead atoms. The van der Waals surface area contributed by atoms with Crippen LogP contribution in [0.15, 0.2) is 36.6 Å². The summed E-state index contributed by atoms with van der Waals surface area (Å²) >= 11 is 0. The van der Waals surface area contributed by atoms with E-state index in [0.29, 0.717) is 24.9 Å². The van der Waals surface area contributed by atoms with Crippen LogP contribution in [0.4, 0.5) is 0 Å². The molecule has 1 aliphatic rings. The van der Waals surface area contributed by atoms with Crippen molar-refractivity contribution >= 4 is 12.3 Å². The van der Waals surface area contributed by atoms with E-state index >= 15 is 0 Å². The molecule has 1 heterocycles. The molecule has 0 spiro atoms. The Balaban J connectivity index is 0.00000191. The number of nitrogens with one attached hydrogen (secondary N) is 1. The SMILES string of the molecule is C=C/C=C\C(=C/C)NC(=O)C1CCC(O)CN1C=O.CC. The number of nitrogens with zero attached hydrogens (tertiary/aromatic N) is 1. The molecule has 1 saturated heterocycles. The number of allylic oxidation sites excluding steroid dienone is 4. The van der Waals surface area contributed by atoms with E-state index < -0.39 is 12.1 Å². The Kier molecular flexibility index (Phi) is 9.88. The molecule has 2 unspecified atom stereocenters. The minimum Gasteiger partial charge on any atom is -0.391 e. The summed E-state index contributed by atoms with van der Waals surface area (Å²) in [6.45, 7) is 9.57. The van der Waals surface area contributed by atoms with Crippen LogP contribution in [0.1, 0.15) is 33.6 Å². The van der Waals surface area contributed by atoms with E-state index in [2.05, 4.69) is 11.9 Å². The van der Waals surface area contributed by atoms with Crippen molar-refractivity contribution in [2.24, 2.45) is 0 Å². The summed E-state index contributed by atoms with van der Waals surface area (Å²) < 4.78 is 0. The Hall–Kier alpha value is -1.88. The maximum Gasteiger partial charge on any atom is 0.247 e. The lowest BCUT2D eigenvalue weighted by Crippen LogP contribution is -2.52. The number of carbonyl (C=O) groups is 2. The minimum atomic E-state index is -0.545. The number of aliphatic hydroxyl groups excluding tert-OH is 1. The molecule has 21 heavy (non-hydrogen) atoms. The van der Waals surface area contributed by atoms with Crippen LogP contribution in [0, 0.1) is 0 Å². The highest BCUT2D eigenvalue weighted by Gasteiger charge is 2.31. The van der Waals surface area contributed by atoms with E-state index in [1.807, 2.05) is 20.8 Å². The van der Waals surface area contributed by atoms with Crippen molar-refractivity contribution in [3.8, 4) is 0 Å². The highest BCUT2D eigenvalue weighted by molar-refractivity contribution is 5.85. The minimum absolute atomic E-state index is 0.204. The summed E-state index contributed by atoms with van der Waals surface area (Å²) in [5, 5.41) is 12.2. The molecule has 0 aromatic carbocycles. The number of hydrogen-bond acceptors (Lipinski definition) is 3. The summed E-state index contributed by atoms with van der Waals surface area (Å²) in [6.07, 6.45) is 7.89. The Morgan fingerprint density at radius 2 is 2.05 bits per heavy atom. The first-order valence-electron chi connectivity index (χ1n) is 7.27. The summed E-state index contributed by atoms with van der Waals surface area (Å²) in [5.74, 6) is -0.235. The highest BCUT2D eigenvalue weighted by Crippen LogP contribution is 2.16. The third-order valence-electron chi connectivity index (χ3n) is 3.02. The standard InChI is InChI=1S/C14H20N2O3.C2H6/c1-3-5-6-11(4-2)15-14(19)13-8-7-12(18)9-16(13)10-17;1-2/h3-6,10,12-13,18H,1,7-9H2,2H3,(H,15,19);1-2H3/b6-5-,11-4+;. The normalized spacial score (nSPS) is 22.3. The second-order valence-electron chi connectivity index (χ2n) is 4.38. The first-order chi connectivity index (χ1) is 10.1. The highest BCUT2D eigenvalue weighted by atomic mass is 16.3. The van der Waals surface area contributed by atoms with Crippen LogP contribution < -0.4 is 5.32 Å². The Labute approximate surface area is 127 Å². The monoisotopic (exact) mass is 294 g/mol. The van der Waals surface area contributed by atoms with Crippen molar-refractivity contribution in [2.75, 3.05) is 6.54 Å². The van der Waals surface area contributed by atoms with Crippen LogP contribution in [-0.4, -0.2) is 41.0 Å². The largest absolute Gasteiger partial charge is 0.391 e. The van der Waals surface area contributed by atoms with Crippen molar-refractivity contribution in [2.45, 2.75) is 45.8 Å². The number of carbonyl (C=O) groups excluding carboxylic acids is 2. The smallest absolute Gasteiger partial charge is 0.247 e. The average Bonchev–Trinajstić information content (AvgIpc) is 2.52. The lowest BCUT2D eigenvalue weighted by atomic mass is 10.00. The van der Waals surface area contributed by atoms with E-state index in [4.69, 9.17) is 0 Å². The summed E-state index contributed by atoms with van der Waals surface area (Å²) in [6, 6.07) is -0.520. The molecule has 0 radical (unpaired) electrons. The third-order valence-corrected chi connectivity index (χ3v) is 3.02. The van der Waals surface area contributed by atoms with Crippen LogP contribution in [0.5, 0.6) is 0 Å². The fraction of sp³-hybridized carbons (Fsp3) is 0.500. The lowest BCUT2D eigenvalue weighted by molar-refractivity contribution is -0.136. The third kappa shape index (κ3) is 6.40. The van der Waals surface area contributed by atoms with Gasteiger partial charge in [0.25, 0.3) is 0 Å². The number of hydrogen-bond donors (Lipinski definition) is 2. The number of aliphatic hydroxyl groups is 1. The Morgan fingerprint density at radius 3 is 2.57 bits per heavy atom. The van der Waals surface area contributed by atoms with Gasteiger partial charge in [0, 0.05) is 12.2 Å². The molecule has 1 aliphatic heterocycles. The maximum atomic E-state index is 12.1. The van der Waals surface area contributed by atoms with Crippen molar-refractivity contribution in [3.63, 3.8) is 0 Å². The maximum absolute atomic E-state index is 12.1. The van der Waals surface area contributed by atoms with Gasteiger partial charge in [0.1, 0.15) is 6.04 Å². The molecule has 1 rings (SSSR count). The van der Waals surface area contributed by atoms with Crippen LogP contribution in [0.3, 0.4) is 0 Å². The number of rotatable bonds is 5. The van der Waals surface area contributed by atoms with E-state index in [0.717, 1.165) is 0 Å². The van der Waals surface area contributed by atoms with Gasteiger partial charge in [-0.3, -0.25) is 9.59 Å². The summed E-state index contributed by atoms with van der Waals surface area (Å²) in [7, 11) is 0. The summed E-state index contributed by atoms with van der Waals surface area (Å²) in [5.41, 5.74) is 0.655. The van der Waals surface area contributed by atoms with Gasteiger partial charge in [0.2, 0.25) is 12.3 Å². The van der Waals surface area contributed by atoms with Gasteiger partial charge in [-0.25, -0.2) is 0 Å². The lowest BCUT2D eigenvalue weighted by Gasteiger charge is -2.34. The van der Waals surface area contributed by atoms with E-state index in [1.54, 1.807) is 24.3 Å². The van der Waals surface area contributed by atoms with Crippen molar-refractivity contribution in [1.82, 2.24) is 10.2 Å². The first-order valence-corrected chi connectivity index (χ1v) is 7.27. The number of amides is 2. The van der Waals surface area contributed by atoms with Crippen molar-refractivity contribution < 1.29 is 14.7 Å². The Bertz CT molecular complexity index is 402. The predicted octanol–water partition coefficient (Wildman–Crippen LogP) is 1.76. The van der Waals surface area contributed by atoms with Crippen molar-refractivity contribution in [1.29, 1.82) is 0 Å². The second kappa shape index (κ2) is 10.9. The molecule has 0 aliphatic carbocycles. The number of β-amino-alcohol motifs (C(OH)–C–C–N with tert-alkyl or cyclic N) is 1. The zero-order chi connectivity index (χ0) is 16.3. The van der Waals surface area contributed by atoms with Gasteiger partial charge in [-0.15, -0.1) is 0 Å². The quantitative estimate of drug-likeness (QED) is 0.599.